The molecule has 0 aliphatic carbocycles. The maximum absolute atomic E-state index is 11.6. The molecule has 150 valence electrons. The minimum atomic E-state index is 0.340. The lowest BCUT2D eigenvalue weighted by molar-refractivity contribution is -0.122. The van der Waals surface area contributed by atoms with Crippen molar-refractivity contribution < 1.29 is 4.79 Å². The van der Waals surface area contributed by atoms with Gasteiger partial charge in [-0.1, -0.05) is 13.8 Å². The number of ketones is 1. The molecule has 3 fully saturated rings. The fourth-order valence-corrected chi connectivity index (χ4v) is 5.24. The van der Waals surface area contributed by atoms with Crippen LogP contribution < -0.4 is 0 Å². The predicted octanol–water partition coefficient (Wildman–Crippen LogP) is 3.26. The molecule has 4 heteroatoms. The standard InChI is InChI=1S/C22H41N3O/c1-18(2)4-11-23-12-7-21(8-13-23)25-16-9-22(10-17-25)24-14-5-20(6-15-24)19(3)26/h18,20-22H,4-17H2,1-3H3. The number of nitrogens with zero attached hydrogens (tertiary/aromatic N) is 3. The molecule has 0 aromatic carbocycles. The molecule has 0 N–H and O–H groups in total. The van der Waals surface area contributed by atoms with Crippen LogP contribution in [0.3, 0.4) is 0 Å². The summed E-state index contributed by atoms with van der Waals surface area (Å²) in [5, 5.41) is 0. The molecule has 0 spiro atoms. The summed E-state index contributed by atoms with van der Waals surface area (Å²) in [5.74, 6) is 1.57. The van der Waals surface area contributed by atoms with Crippen LogP contribution >= 0.6 is 0 Å². The van der Waals surface area contributed by atoms with Gasteiger partial charge in [-0.3, -0.25) is 4.79 Å². The lowest BCUT2D eigenvalue weighted by atomic mass is 9.90. The fraction of sp³-hybridized carbons (Fsp3) is 0.955. The van der Waals surface area contributed by atoms with Crippen molar-refractivity contribution in [2.75, 3.05) is 45.8 Å². The lowest BCUT2D eigenvalue weighted by Gasteiger charge is -2.45. The molecule has 0 bridgehead atoms. The van der Waals surface area contributed by atoms with E-state index >= 15 is 0 Å². The summed E-state index contributed by atoms with van der Waals surface area (Å²) in [6, 6.07) is 1.60. The van der Waals surface area contributed by atoms with Crippen LogP contribution in [0.1, 0.15) is 65.7 Å². The summed E-state index contributed by atoms with van der Waals surface area (Å²) in [6.07, 6.45) is 8.92. The van der Waals surface area contributed by atoms with Crippen LogP contribution in [0.15, 0.2) is 0 Å². The van der Waals surface area contributed by atoms with Crippen LogP contribution in [0.4, 0.5) is 0 Å². The van der Waals surface area contributed by atoms with Gasteiger partial charge in [-0.2, -0.15) is 0 Å². The third kappa shape index (κ3) is 5.53. The van der Waals surface area contributed by atoms with E-state index in [1.807, 2.05) is 0 Å². The average molecular weight is 364 g/mol. The molecule has 26 heavy (non-hydrogen) atoms. The van der Waals surface area contributed by atoms with Crippen molar-refractivity contribution in [3.63, 3.8) is 0 Å². The van der Waals surface area contributed by atoms with Gasteiger partial charge < -0.3 is 14.7 Å². The molecular weight excluding hydrogens is 322 g/mol. The first-order valence-electron chi connectivity index (χ1n) is 11.2. The Balaban J connectivity index is 1.35. The average Bonchev–Trinajstić information content (AvgIpc) is 2.67. The first-order chi connectivity index (χ1) is 12.5. The quantitative estimate of drug-likeness (QED) is 0.724. The van der Waals surface area contributed by atoms with E-state index in [2.05, 4.69) is 28.5 Å². The number of piperidine rings is 3. The van der Waals surface area contributed by atoms with Crippen molar-refractivity contribution in [3.8, 4) is 0 Å². The Labute approximate surface area is 161 Å². The summed E-state index contributed by atoms with van der Waals surface area (Å²) in [7, 11) is 0. The van der Waals surface area contributed by atoms with Crippen LogP contribution in [-0.4, -0.2) is 78.4 Å². The Bertz CT molecular complexity index is 429. The molecule has 3 rings (SSSR count). The molecule has 3 aliphatic heterocycles. The number of Topliss-reactive ketones (excluding diaryl/α,β-unsaturated/α-hetero) is 1. The maximum atomic E-state index is 11.6. The molecule has 3 saturated heterocycles. The third-order valence-electron chi connectivity index (χ3n) is 7.22. The van der Waals surface area contributed by atoms with Gasteiger partial charge in [0, 0.05) is 18.0 Å². The van der Waals surface area contributed by atoms with Crippen LogP contribution in [0, 0.1) is 11.8 Å². The smallest absolute Gasteiger partial charge is 0.133 e. The highest BCUT2D eigenvalue weighted by molar-refractivity contribution is 5.78. The Kier molecular flexibility index (Phi) is 7.54. The molecule has 3 heterocycles. The summed E-state index contributed by atoms with van der Waals surface area (Å²) >= 11 is 0. The molecule has 0 radical (unpaired) electrons. The molecule has 0 saturated carbocycles. The first-order valence-corrected chi connectivity index (χ1v) is 11.2. The lowest BCUT2D eigenvalue weighted by Crippen LogP contribution is -2.52. The summed E-state index contributed by atoms with van der Waals surface area (Å²) in [6.45, 7) is 15.2. The zero-order chi connectivity index (χ0) is 18.5. The van der Waals surface area contributed by atoms with E-state index in [0.29, 0.717) is 11.7 Å². The van der Waals surface area contributed by atoms with Gasteiger partial charge in [-0.25, -0.2) is 0 Å². The highest BCUT2D eigenvalue weighted by Gasteiger charge is 2.32. The van der Waals surface area contributed by atoms with Crippen LogP contribution in [0.5, 0.6) is 0 Å². The predicted molar refractivity (Wildman–Crippen MR) is 108 cm³/mol. The van der Waals surface area contributed by atoms with Crippen LogP contribution in [0.25, 0.3) is 0 Å². The van der Waals surface area contributed by atoms with Crippen molar-refractivity contribution in [3.05, 3.63) is 0 Å². The second-order valence-corrected chi connectivity index (χ2v) is 9.44. The van der Waals surface area contributed by atoms with E-state index in [0.717, 1.165) is 43.9 Å². The number of carbonyl (C=O) groups is 1. The largest absolute Gasteiger partial charge is 0.303 e. The monoisotopic (exact) mass is 363 g/mol. The normalized spacial score (nSPS) is 26.6. The number of rotatable bonds is 6. The van der Waals surface area contributed by atoms with Crippen LogP contribution in [-0.2, 0) is 4.79 Å². The second kappa shape index (κ2) is 9.66. The van der Waals surface area contributed by atoms with E-state index in [-0.39, 0.29) is 0 Å². The highest BCUT2D eigenvalue weighted by atomic mass is 16.1. The Morgan fingerprint density at radius 1 is 0.808 bits per heavy atom. The molecule has 3 aliphatic rings. The number of hydrogen-bond donors (Lipinski definition) is 0. The zero-order valence-corrected chi connectivity index (χ0v) is 17.5. The van der Waals surface area contributed by atoms with E-state index in [9.17, 15) is 4.79 Å². The zero-order valence-electron chi connectivity index (χ0n) is 17.5. The van der Waals surface area contributed by atoms with Gasteiger partial charge in [0.2, 0.25) is 0 Å². The number of likely N-dealkylation sites (tertiary alicyclic amines) is 3. The molecule has 0 aromatic heterocycles. The topological polar surface area (TPSA) is 26.8 Å². The Hall–Kier alpha value is -0.450. The van der Waals surface area contributed by atoms with Crippen molar-refractivity contribution in [2.45, 2.75) is 77.8 Å². The molecule has 0 amide bonds. The fourth-order valence-electron chi connectivity index (χ4n) is 5.24. The van der Waals surface area contributed by atoms with E-state index < -0.39 is 0 Å². The molecule has 0 aromatic rings. The molecular formula is C22H41N3O. The number of hydrogen-bond acceptors (Lipinski definition) is 4. The molecule has 0 atom stereocenters. The Morgan fingerprint density at radius 2 is 1.27 bits per heavy atom. The maximum Gasteiger partial charge on any atom is 0.133 e. The van der Waals surface area contributed by atoms with Gasteiger partial charge in [-0.05, 0) is 104 Å². The van der Waals surface area contributed by atoms with Crippen molar-refractivity contribution in [1.82, 2.24) is 14.7 Å². The third-order valence-corrected chi connectivity index (χ3v) is 7.22. The van der Waals surface area contributed by atoms with Gasteiger partial charge in [0.05, 0.1) is 0 Å². The molecule has 4 nitrogen and oxygen atoms in total. The van der Waals surface area contributed by atoms with Gasteiger partial charge >= 0.3 is 0 Å². The van der Waals surface area contributed by atoms with Gasteiger partial charge in [-0.15, -0.1) is 0 Å². The molecule has 0 unspecified atom stereocenters. The van der Waals surface area contributed by atoms with E-state index in [1.54, 1.807) is 6.92 Å². The first kappa shape index (κ1) is 20.3. The van der Waals surface area contributed by atoms with Gasteiger partial charge in [0.1, 0.15) is 5.78 Å². The second-order valence-electron chi connectivity index (χ2n) is 9.44. The number of carbonyl (C=O) groups excluding carboxylic acids is 1. The summed E-state index contributed by atoms with van der Waals surface area (Å²) in [5.41, 5.74) is 0. The van der Waals surface area contributed by atoms with Gasteiger partial charge in [0.15, 0.2) is 0 Å². The van der Waals surface area contributed by atoms with Gasteiger partial charge in [0.25, 0.3) is 0 Å². The summed E-state index contributed by atoms with van der Waals surface area (Å²) < 4.78 is 0. The minimum absolute atomic E-state index is 0.340. The van der Waals surface area contributed by atoms with Crippen molar-refractivity contribution in [1.29, 1.82) is 0 Å². The van der Waals surface area contributed by atoms with E-state index in [4.69, 9.17) is 0 Å². The summed E-state index contributed by atoms with van der Waals surface area (Å²) in [4.78, 5) is 19.7. The minimum Gasteiger partial charge on any atom is -0.303 e. The van der Waals surface area contributed by atoms with E-state index in [1.165, 1.54) is 64.8 Å². The van der Waals surface area contributed by atoms with Crippen molar-refractivity contribution >= 4 is 5.78 Å². The van der Waals surface area contributed by atoms with Crippen molar-refractivity contribution in [2.24, 2.45) is 11.8 Å². The van der Waals surface area contributed by atoms with Crippen LogP contribution in [0.2, 0.25) is 0 Å². The highest BCUT2D eigenvalue weighted by Crippen LogP contribution is 2.27. The Morgan fingerprint density at radius 3 is 1.73 bits per heavy atom. The SMILES string of the molecule is CC(=O)C1CCN(C2CCN(C3CCN(CCC(C)C)CC3)CC2)CC1.